The molecule has 3 N–H and O–H groups in total. The molecule has 106 valence electrons. The molecule has 0 aromatic rings. The summed E-state index contributed by atoms with van der Waals surface area (Å²) in [5.41, 5.74) is 5.73. The van der Waals surface area contributed by atoms with Gasteiger partial charge in [0.05, 0.1) is 6.10 Å². The molecule has 1 saturated heterocycles. The summed E-state index contributed by atoms with van der Waals surface area (Å²) in [5.74, 6) is 0.648. The molecule has 2 aliphatic rings. The fourth-order valence-corrected chi connectivity index (χ4v) is 3.22. The molecule has 2 fully saturated rings. The molecular formula is C13H25ClN2O2. The minimum Gasteiger partial charge on any atom is -0.377 e. The predicted octanol–water partition coefficient (Wildman–Crippen LogP) is 1.47. The van der Waals surface area contributed by atoms with Gasteiger partial charge in [-0.3, -0.25) is 4.79 Å². The molecule has 4 unspecified atom stereocenters. The molecule has 1 aliphatic carbocycles. The van der Waals surface area contributed by atoms with Crippen LogP contribution in [0.4, 0.5) is 0 Å². The SMILES string of the molecule is CC(N)CCC(=O)NC1C2CCOC2C1(C)C.Cl. The number of halogens is 1. The first-order valence-electron chi connectivity index (χ1n) is 6.59. The summed E-state index contributed by atoms with van der Waals surface area (Å²) in [4.78, 5) is 11.8. The molecule has 1 amide bonds. The summed E-state index contributed by atoms with van der Waals surface area (Å²) >= 11 is 0. The highest BCUT2D eigenvalue weighted by molar-refractivity contribution is 5.85. The first-order valence-corrected chi connectivity index (χ1v) is 6.59. The number of carbonyl (C=O) groups is 1. The fourth-order valence-electron chi connectivity index (χ4n) is 3.22. The van der Waals surface area contributed by atoms with E-state index in [0.717, 1.165) is 19.4 Å². The summed E-state index contributed by atoms with van der Waals surface area (Å²) in [6.45, 7) is 7.12. The summed E-state index contributed by atoms with van der Waals surface area (Å²) in [6.07, 6.45) is 2.69. The Morgan fingerprint density at radius 2 is 2.22 bits per heavy atom. The van der Waals surface area contributed by atoms with Crippen molar-refractivity contribution in [1.29, 1.82) is 0 Å². The number of nitrogens with two attached hydrogens (primary N) is 1. The Balaban J connectivity index is 0.00000162. The third kappa shape index (κ3) is 2.81. The monoisotopic (exact) mass is 276 g/mol. The van der Waals surface area contributed by atoms with E-state index in [-0.39, 0.29) is 35.8 Å². The molecule has 4 nitrogen and oxygen atoms in total. The molecule has 0 aromatic carbocycles. The normalized spacial score (nSPS) is 33.9. The van der Waals surface area contributed by atoms with Crippen molar-refractivity contribution in [2.24, 2.45) is 17.1 Å². The van der Waals surface area contributed by atoms with E-state index < -0.39 is 0 Å². The summed E-state index contributed by atoms with van der Waals surface area (Å²) in [6, 6.07) is 0.369. The van der Waals surface area contributed by atoms with Crippen LogP contribution in [-0.2, 0) is 9.53 Å². The largest absolute Gasteiger partial charge is 0.377 e. The highest BCUT2D eigenvalue weighted by atomic mass is 35.5. The molecule has 1 aliphatic heterocycles. The lowest BCUT2D eigenvalue weighted by atomic mass is 9.57. The van der Waals surface area contributed by atoms with Gasteiger partial charge in [-0.05, 0) is 19.8 Å². The number of fused-ring (bicyclic) bond motifs is 1. The zero-order valence-electron chi connectivity index (χ0n) is 11.4. The van der Waals surface area contributed by atoms with Gasteiger partial charge in [0, 0.05) is 36.4 Å². The molecule has 1 heterocycles. The first kappa shape index (κ1) is 15.7. The lowest BCUT2D eigenvalue weighted by Gasteiger charge is -2.54. The van der Waals surface area contributed by atoms with Gasteiger partial charge >= 0.3 is 0 Å². The zero-order chi connectivity index (χ0) is 12.6. The third-order valence-electron chi connectivity index (χ3n) is 4.24. The Morgan fingerprint density at radius 3 is 2.83 bits per heavy atom. The lowest BCUT2D eigenvalue weighted by molar-refractivity contribution is -0.138. The lowest BCUT2D eigenvalue weighted by Crippen LogP contribution is -2.66. The van der Waals surface area contributed by atoms with Crippen molar-refractivity contribution >= 4 is 18.3 Å². The summed E-state index contributed by atoms with van der Waals surface area (Å²) in [5, 5.41) is 3.16. The van der Waals surface area contributed by atoms with Gasteiger partial charge in [-0.25, -0.2) is 0 Å². The zero-order valence-corrected chi connectivity index (χ0v) is 12.3. The number of rotatable bonds is 4. The molecule has 1 saturated carbocycles. The summed E-state index contributed by atoms with van der Waals surface area (Å²) < 4.78 is 5.71. The van der Waals surface area contributed by atoms with E-state index in [2.05, 4.69) is 19.2 Å². The van der Waals surface area contributed by atoms with E-state index in [1.54, 1.807) is 0 Å². The van der Waals surface area contributed by atoms with Crippen molar-refractivity contribution in [2.75, 3.05) is 6.61 Å². The smallest absolute Gasteiger partial charge is 0.220 e. The Labute approximate surface area is 115 Å². The Kier molecular flexibility index (Phi) is 5.04. The van der Waals surface area contributed by atoms with Crippen molar-refractivity contribution in [1.82, 2.24) is 5.32 Å². The minimum atomic E-state index is 0. The van der Waals surface area contributed by atoms with Crippen LogP contribution in [0, 0.1) is 11.3 Å². The van der Waals surface area contributed by atoms with Crippen LogP contribution >= 0.6 is 12.4 Å². The van der Waals surface area contributed by atoms with Crippen LogP contribution in [0.3, 0.4) is 0 Å². The van der Waals surface area contributed by atoms with Crippen molar-refractivity contribution in [3.05, 3.63) is 0 Å². The maximum Gasteiger partial charge on any atom is 0.220 e. The van der Waals surface area contributed by atoms with E-state index >= 15 is 0 Å². The average molecular weight is 277 g/mol. The van der Waals surface area contributed by atoms with Gasteiger partial charge < -0.3 is 15.8 Å². The van der Waals surface area contributed by atoms with Crippen LogP contribution in [0.2, 0.25) is 0 Å². The first-order chi connectivity index (χ1) is 7.93. The number of ether oxygens (including phenoxy) is 1. The highest BCUT2D eigenvalue weighted by Gasteiger charge is 2.59. The van der Waals surface area contributed by atoms with Crippen molar-refractivity contribution in [2.45, 2.75) is 58.2 Å². The van der Waals surface area contributed by atoms with E-state index in [9.17, 15) is 4.79 Å². The van der Waals surface area contributed by atoms with Gasteiger partial charge in [0.1, 0.15) is 0 Å². The minimum absolute atomic E-state index is 0. The van der Waals surface area contributed by atoms with E-state index in [0.29, 0.717) is 18.4 Å². The second kappa shape index (κ2) is 5.76. The second-order valence-corrected chi connectivity index (χ2v) is 6.13. The van der Waals surface area contributed by atoms with Crippen LogP contribution in [0.25, 0.3) is 0 Å². The topological polar surface area (TPSA) is 64.4 Å². The van der Waals surface area contributed by atoms with Crippen LogP contribution in [0.1, 0.15) is 40.0 Å². The third-order valence-corrected chi connectivity index (χ3v) is 4.24. The van der Waals surface area contributed by atoms with Crippen LogP contribution in [0.15, 0.2) is 0 Å². The van der Waals surface area contributed by atoms with Crippen LogP contribution in [-0.4, -0.2) is 30.7 Å². The van der Waals surface area contributed by atoms with Gasteiger partial charge in [0.15, 0.2) is 0 Å². The summed E-state index contributed by atoms with van der Waals surface area (Å²) in [7, 11) is 0. The van der Waals surface area contributed by atoms with E-state index in [1.807, 2.05) is 6.92 Å². The quantitative estimate of drug-likeness (QED) is 0.817. The van der Waals surface area contributed by atoms with Crippen molar-refractivity contribution < 1.29 is 9.53 Å². The molecule has 0 bridgehead atoms. The fraction of sp³-hybridized carbons (Fsp3) is 0.923. The van der Waals surface area contributed by atoms with Crippen molar-refractivity contribution in [3.63, 3.8) is 0 Å². The molecule has 4 atom stereocenters. The Morgan fingerprint density at radius 1 is 1.56 bits per heavy atom. The highest BCUT2D eigenvalue weighted by Crippen LogP contribution is 2.52. The molecule has 0 aromatic heterocycles. The maximum absolute atomic E-state index is 11.8. The standard InChI is InChI=1S/C13H24N2O2.ClH/c1-8(14)4-5-10(16)15-11-9-6-7-17-12(9)13(11,2)3;/h8-9,11-12H,4-7,14H2,1-3H3,(H,15,16);1H. The van der Waals surface area contributed by atoms with Gasteiger partial charge in [-0.2, -0.15) is 0 Å². The van der Waals surface area contributed by atoms with Crippen LogP contribution in [0.5, 0.6) is 0 Å². The number of amides is 1. The molecule has 5 heteroatoms. The molecule has 0 radical (unpaired) electrons. The molecule has 2 rings (SSSR count). The maximum atomic E-state index is 11.8. The van der Waals surface area contributed by atoms with Gasteiger partial charge in [0.2, 0.25) is 5.91 Å². The average Bonchev–Trinajstić information content (AvgIpc) is 2.69. The van der Waals surface area contributed by atoms with E-state index in [4.69, 9.17) is 10.5 Å². The molecule has 0 spiro atoms. The van der Waals surface area contributed by atoms with Gasteiger partial charge in [-0.1, -0.05) is 13.8 Å². The molecule has 18 heavy (non-hydrogen) atoms. The number of hydrogen-bond donors (Lipinski definition) is 2. The van der Waals surface area contributed by atoms with E-state index in [1.165, 1.54) is 0 Å². The van der Waals surface area contributed by atoms with Crippen LogP contribution < -0.4 is 11.1 Å². The Bertz CT molecular complexity index is 307. The van der Waals surface area contributed by atoms with Gasteiger partial charge in [0.25, 0.3) is 0 Å². The predicted molar refractivity (Wildman–Crippen MR) is 73.7 cm³/mol. The second-order valence-electron chi connectivity index (χ2n) is 6.13. The Hall–Kier alpha value is -0.320. The van der Waals surface area contributed by atoms with Crippen molar-refractivity contribution in [3.8, 4) is 0 Å². The van der Waals surface area contributed by atoms with Gasteiger partial charge in [-0.15, -0.1) is 12.4 Å². The number of hydrogen-bond acceptors (Lipinski definition) is 3. The number of nitrogens with one attached hydrogen (secondary N) is 1. The molecular weight excluding hydrogens is 252 g/mol. The number of carbonyl (C=O) groups excluding carboxylic acids is 1.